The summed E-state index contributed by atoms with van der Waals surface area (Å²) in [5.74, 6) is 2.09. The predicted octanol–water partition coefficient (Wildman–Crippen LogP) is 3.43. The van der Waals surface area contributed by atoms with Crippen molar-refractivity contribution in [2.24, 2.45) is 11.8 Å². The molecule has 2 rings (SSSR count). The number of benzene rings is 1. The van der Waals surface area contributed by atoms with E-state index in [1.807, 2.05) is 0 Å². The highest BCUT2D eigenvalue weighted by Crippen LogP contribution is 2.29. The summed E-state index contributed by atoms with van der Waals surface area (Å²) >= 11 is 0. The molecule has 0 aliphatic heterocycles. The van der Waals surface area contributed by atoms with Crippen molar-refractivity contribution in [3.63, 3.8) is 0 Å². The smallest absolute Gasteiger partial charge is 0.314 e. The summed E-state index contributed by atoms with van der Waals surface area (Å²) < 4.78 is 10.5. The molecule has 1 aliphatic carbocycles. The summed E-state index contributed by atoms with van der Waals surface area (Å²) in [5, 5.41) is 0. The van der Waals surface area contributed by atoms with Crippen molar-refractivity contribution in [3.05, 3.63) is 24.3 Å². The maximum atomic E-state index is 12.0. The van der Waals surface area contributed by atoms with Crippen molar-refractivity contribution in [1.29, 1.82) is 0 Å². The maximum absolute atomic E-state index is 12.0. The first-order valence-electron chi connectivity index (χ1n) is 6.55. The van der Waals surface area contributed by atoms with E-state index in [1.54, 1.807) is 31.4 Å². The zero-order valence-electron chi connectivity index (χ0n) is 11.0. The van der Waals surface area contributed by atoms with E-state index in [1.165, 1.54) is 0 Å². The van der Waals surface area contributed by atoms with Crippen molar-refractivity contribution in [2.75, 3.05) is 7.11 Å². The molecule has 1 saturated carbocycles. The molecule has 98 valence electrons. The van der Waals surface area contributed by atoms with Crippen LogP contribution in [0.5, 0.6) is 11.5 Å². The number of methoxy groups -OCH3 is 1. The Morgan fingerprint density at radius 1 is 1.06 bits per heavy atom. The third-order valence-electron chi connectivity index (χ3n) is 3.63. The third-order valence-corrected chi connectivity index (χ3v) is 3.63. The summed E-state index contributed by atoms with van der Waals surface area (Å²) in [4.78, 5) is 12.0. The molecule has 0 spiro atoms. The van der Waals surface area contributed by atoms with Gasteiger partial charge in [0.1, 0.15) is 11.5 Å². The Hall–Kier alpha value is -1.51. The number of ether oxygens (including phenoxy) is 2. The number of carbonyl (C=O) groups is 1. The molecule has 0 radical (unpaired) electrons. The quantitative estimate of drug-likeness (QED) is 0.607. The van der Waals surface area contributed by atoms with E-state index in [4.69, 9.17) is 9.47 Å². The van der Waals surface area contributed by atoms with Crippen molar-refractivity contribution >= 4 is 5.97 Å². The molecular formula is C15H20O3. The van der Waals surface area contributed by atoms with Crippen LogP contribution in [-0.2, 0) is 4.79 Å². The first-order valence-corrected chi connectivity index (χ1v) is 6.55. The van der Waals surface area contributed by atoms with Crippen LogP contribution >= 0.6 is 0 Å². The van der Waals surface area contributed by atoms with Crippen LogP contribution in [0, 0.1) is 11.8 Å². The van der Waals surface area contributed by atoms with E-state index < -0.39 is 0 Å². The van der Waals surface area contributed by atoms with Gasteiger partial charge in [0.05, 0.1) is 13.0 Å². The average molecular weight is 248 g/mol. The fraction of sp³-hybridized carbons (Fsp3) is 0.533. The molecule has 0 heterocycles. The molecule has 0 saturated heterocycles. The SMILES string of the molecule is COc1ccc(OC(=O)C2CCC(C)CC2)cc1. The summed E-state index contributed by atoms with van der Waals surface area (Å²) in [6, 6.07) is 7.13. The van der Waals surface area contributed by atoms with Gasteiger partial charge in [0.25, 0.3) is 0 Å². The van der Waals surface area contributed by atoms with E-state index in [2.05, 4.69) is 6.92 Å². The van der Waals surface area contributed by atoms with Crippen molar-refractivity contribution in [1.82, 2.24) is 0 Å². The van der Waals surface area contributed by atoms with Crippen LogP contribution in [-0.4, -0.2) is 13.1 Å². The molecule has 0 bridgehead atoms. The highest BCUT2D eigenvalue weighted by atomic mass is 16.5. The van der Waals surface area contributed by atoms with Crippen molar-refractivity contribution in [2.45, 2.75) is 32.6 Å². The van der Waals surface area contributed by atoms with E-state index in [0.717, 1.165) is 37.4 Å². The molecule has 18 heavy (non-hydrogen) atoms. The topological polar surface area (TPSA) is 35.5 Å². The molecule has 0 aromatic heterocycles. The van der Waals surface area contributed by atoms with Crippen LogP contribution in [0.15, 0.2) is 24.3 Å². The second kappa shape index (κ2) is 5.89. The molecular weight excluding hydrogens is 228 g/mol. The second-order valence-electron chi connectivity index (χ2n) is 5.05. The average Bonchev–Trinajstić information content (AvgIpc) is 2.40. The van der Waals surface area contributed by atoms with Crippen LogP contribution < -0.4 is 9.47 Å². The number of hydrogen-bond donors (Lipinski definition) is 0. The van der Waals surface area contributed by atoms with Crippen LogP contribution in [0.2, 0.25) is 0 Å². The highest BCUT2D eigenvalue weighted by Gasteiger charge is 2.25. The molecule has 1 fully saturated rings. The Balaban J connectivity index is 1.90. The van der Waals surface area contributed by atoms with Crippen molar-refractivity contribution < 1.29 is 14.3 Å². The maximum Gasteiger partial charge on any atom is 0.314 e. The largest absolute Gasteiger partial charge is 0.497 e. The Bertz CT molecular complexity index is 389. The number of hydrogen-bond acceptors (Lipinski definition) is 3. The zero-order chi connectivity index (χ0) is 13.0. The fourth-order valence-corrected chi connectivity index (χ4v) is 2.34. The van der Waals surface area contributed by atoms with Gasteiger partial charge in [-0.15, -0.1) is 0 Å². The minimum atomic E-state index is -0.0907. The van der Waals surface area contributed by atoms with E-state index in [-0.39, 0.29) is 11.9 Å². The third kappa shape index (κ3) is 3.25. The zero-order valence-corrected chi connectivity index (χ0v) is 11.0. The summed E-state index contributed by atoms with van der Waals surface area (Å²) in [7, 11) is 1.62. The molecule has 1 aliphatic rings. The van der Waals surface area contributed by atoms with E-state index in [0.29, 0.717) is 5.75 Å². The number of esters is 1. The van der Waals surface area contributed by atoms with Gasteiger partial charge in [-0.25, -0.2) is 0 Å². The predicted molar refractivity (Wildman–Crippen MR) is 69.8 cm³/mol. The van der Waals surface area contributed by atoms with Crippen LogP contribution in [0.3, 0.4) is 0 Å². The monoisotopic (exact) mass is 248 g/mol. The summed E-state index contributed by atoms with van der Waals surface area (Å²) in [5.41, 5.74) is 0. The van der Waals surface area contributed by atoms with E-state index >= 15 is 0 Å². The first-order chi connectivity index (χ1) is 8.69. The van der Waals surface area contributed by atoms with Gasteiger partial charge in [-0.2, -0.15) is 0 Å². The van der Waals surface area contributed by atoms with Crippen LogP contribution in [0.1, 0.15) is 32.6 Å². The van der Waals surface area contributed by atoms with Crippen LogP contribution in [0.25, 0.3) is 0 Å². The fourth-order valence-electron chi connectivity index (χ4n) is 2.34. The Morgan fingerprint density at radius 3 is 2.17 bits per heavy atom. The second-order valence-corrected chi connectivity index (χ2v) is 5.05. The van der Waals surface area contributed by atoms with Crippen LogP contribution in [0.4, 0.5) is 0 Å². The summed E-state index contributed by atoms with van der Waals surface area (Å²) in [6.07, 6.45) is 4.16. The normalized spacial score (nSPS) is 23.4. The van der Waals surface area contributed by atoms with Gasteiger partial charge in [-0.3, -0.25) is 4.79 Å². The molecule has 3 heteroatoms. The molecule has 0 unspecified atom stereocenters. The molecule has 1 aromatic carbocycles. The standard InChI is InChI=1S/C15H20O3/c1-11-3-5-12(6-4-11)15(16)18-14-9-7-13(17-2)8-10-14/h7-12H,3-6H2,1-2H3. The lowest BCUT2D eigenvalue weighted by molar-refractivity contribution is -0.140. The van der Waals surface area contributed by atoms with Gasteiger partial charge in [-0.1, -0.05) is 6.92 Å². The van der Waals surface area contributed by atoms with Gasteiger partial charge in [0, 0.05) is 0 Å². The minimum Gasteiger partial charge on any atom is -0.497 e. The van der Waals surface area contributed by atoms with Crippen molar-refractivity contribution in [3.8, 4) is 11.5 Å². The number of rotatable bonds is 3. The molecule has 1 aromatic rings. The minimum absolute atomic E-state index is 0.0725. The first kappa shape index (κ1) is 12.9. The lowest BCUT2D eigenvalue weighted by Crippen LogP contribution is -2.24. The van der Waals surface area contributed by atoms with Gasteiger partial charge in [0.2, 0.25) is 0 Å². The molecule has 0 amide bonds. The molecule has 0 N–H and O–H groups in total. The lowest BCUT2D eigenvalue weighted by atomic mass is 9.83. The van der Waals surface area contributed by atoms with Gasteiger partial charge in [-0.05, 0) is 55.9 Å². The lowest BCUT2D eigenvalue weighted by Gasteiger charge is -2.24. The molecule has 3 nitrogen and oxygen atoms in total. The Kier molecular flexibility index (Phi) is 4.24. The van der Waals surface area contributed by atoms with Gasteiger partial charge < -0.3 is 9.47 Å². The van der Waals surface area contributed by atoms with Gasteiger partial charge >= 0.3 is 5.97 Å². The van der Waals surface area contributed by atoms with E-state index in [9.17, 15) is 4.79 Å². The summed E-state index contributed by atoms with van der Waals surface area (Å²) in [6.45, 7) is 2.24. The highest BCUT2D eigenvalue weighted by molar-refractivity contribution is 5.75. The Morgan fingerprint density at radius 2 is 1.61 bits per heavy atom. The Labute approximate surface area is 108 Å². The molecule has 0 atom stereocenters. The van der Waals surface area contributed by atoms with Gasteiger partial charge in [0.15, 0.2) is 0 Å². The number of carbonyl (C=O) groups excluding carboxylic acids is 1.